The molecule has 2 atom stereocenters. The number of rotatable bonds is 6. The molecular formula is C3H8ClNO6P2+2. The molecule has 2 unspecified atom stereocenters. The molecule has 0 aromatic carbocycles. The van der Waals surface area contributed by atoms with Gasteiger partial charge in [-0.2, -0.15) is 0 Å². The van der Waals surface area contributed by atoms with Gasteiger partial charge in [-0.05, 0) is 18.1 Å². The van der Waals surface area contributed by atoms with Gasteiger partial charge in [0.1, 0.15) is 0 Å². The fourth-order valence-corrected chi connectivity index (χ4v) is 1.76. The third-order valence-electron chi connectivity index (χ3n) is 0.872. The standard InChI is InChI=1S/C3H6ClNO6P2/c4-3(1-2-5,10-12(6)7)11-13(8)9/h1-2,5H2/p+2. The second-order valence-corrected chi connectivity index (χ2v) is 3.75. The van der Waals surface area contributed by atoms with Gasteiger partial charge in [-0.1, -0.05) is 9.05 Å². The molecule has 4 N–H and O–H groups in total. The Balaban J connectivity index is 4.32. The van der Waals surface area contributed by atoms with Gasteiger partial charge in [0.25, 0.3) is 0 Å². The van der Waals surface area contributed by atoms with Crippen LogP contribution in [-0.2, 0) is 18.2 Å². The van der Waals surface area contributed by atoms with Gasteiger partial charge < -0.3 is 5.73 Å². The highest BCUT2D eigenvalue weighted by atomic mass is 35.5. The van der Waals surface area contributed by atoms with Gasteiger partial charge in [0.05, 0.1) is 0 Å². The van der Waals surface area contributed by atoms with E-state index in [1.807, 2.05) is 0 Å². The molecule has 0 aliphatic carbocycles. The minimum atomic E-state index is -3.03. The van der Waals surface area contributed by atoms with Crippen LogP contribution in [0, 0.1) is 0 Å². The second-order valence-electron chi connectivity index (χ2n) is 1.86. The van der Waals surface area contributed by atoms with E-state index < -0.39 is 21.8 Å². The quantitative estimate of drug-likeness (QED) is 0.358. The molecule has 0 aromatic rings. The zero-order valence-corrected chi connectivity index (χ0v) is 8.84. The largest absolute Gasteiger partial charge is 0.699 e. The monoisotopic (exact) mass is 251 g/mol. The smallest absolute Gasteiger partial charge is 0.330 e. The van der Waals surface area contributed by atoms with Crippen LogP contribution in [0.3, 0.4) is 0 Å². The van der Waals surface area contributed by atoms with Gasteiger partial charge in [0.2, 0.25) is 0 Å². The van der Waals surface area contributed by atoms with Crippen molar-refractivity contribution in [2.75, 3.05) is 6.54 Å². The first-order valence-electron chi connectivity index (χ1n) is 2.99. The first kappa shape index (κ1) is 13.3. The van der Waals surface area contributed by atoms with Crippen molar-refractivity contribution < 1.29 is 28.0 Å². The Labute approximate surface area is 80.7 Å². The number of nitrogens with two attached hydrogens (primary N) is 1. The van der Waals surface area contributed by atoms with E-state index in [-0.39, 0.29) is 13.0 Å². The normalized spacial score (nSPS) is 17.8. The Morgan fingerprint density at radius 2 is 1.69 bits per heavy atom. The Morgan fingerprint density at radius 3 is 1.92 bits per heavy atom. The maximum atomic E-state index is 10.2. The molecular weight excluding hydrogens is 243 g/mol. The van der Waals surface area contributed by atoms with Crippen molar-refractivity contribution in [3.8, 4) is 0 Å². The van der Waals surface area contributed by atoms with Crippen molar-refractivity contribution in [2.24, 2.45) is 5.73 Å². The Hall–Kier alpha value is 0.290. The van der Waals surface area contributed by atoms with Crippen LogP contribution in [0.4, 0.5) is 0 Å². The zero-order chi connectivity index (χ0) is 10.5. The molecule has 0 saturated carbocycles. The summed E-state index contributed by atoms with van der Waals surface area (Å²) in [7, 11) is -6.07. The number of hydrogen-bond donors (Lipinski definition) is 3. The fraction of sp³-hybridized carbons (Fsp3) is 1.00. The molecule has 13 heavy (non-hydrogen) atoms. The lowest BCUT2D eigenvalue weighted by Gasteiger charge is -2.10. The molecule has 0 rings (SSSR count). The molecule has 0 bridgehead atoms. The topological polar surface area (TPSA) is 119 Å². The summed E-state index contributed by atoms with van der Waals surface area (Å²) in [6.45, 7) is -0.0319. The van der Waals surface area contributed by atoms with Gasteiger partial charge in [-0.25, -0.2) is 0 Å². The molecule has 0 radical (unpaired) electrons. The highest BCUT2D eigenvalue weighted by molar-refractivity contribution is 7.33. The summed E-state index contributed by atoms with van der Waals surface area (Å²) in [5.41, 5.74) is 5.07. The summed E-state index contributed by atoms with van der Waals surface area (Å²) in [6.07, 6.45) is -0.197. The molecule has 0 saturated heterocycles. The molecule has 0 aliphatic heterocycles. The van der Waals surface area contributed by atoms with E-state index in [4.69, 9.17) is 27.1 Å². The molecule has 76 valence electrons. The lowest BCUT2D eigenvalue weighted by molar-refractivity contribution is -0.0438. The van der Waals surface area contributed by atoms with E-state index in [0.717, 1.165) is 0 Å². The molecule has 7 nitrogen and oxygen atoms in total. The molecule has 0 spiro atoms. The lowest BCUT2D eigenvalue weighted by Crippen LogP contribution is -2.27. The van der Waals surface area contributed by atoms with Crippen LogP contribution in [0.15, 0.2) is 0 Å². The van der Waals surface area contributed by atoms with Gasteiger partial charge in [0, 0.05) is 15.6 Å². The molecule has 10 heteroatoms. The molecule has 0 fully saturated rings. The maximum absolute atomic E-state index is 10.2. The van der Waals surface area contributed by atoms with Crippen LogP contribution < -0.4 is 5.73 Å². The molecule has 0 aliphatic rings. The van der Waals surface area contributed by atoms with Crippen LogP contribution in [0.2, 0.25) is 0 Å². The van der Waals surface area contributed by atoms with E-state index in [2.05, 4.69) is 9.05 Å². The van der Waals surface area contributed by atoms with E-state index in [1.165, 1.54) is 0 Å². The van der Waals surface area contributed by atoms with Crippen LogP contribution in [0.25, 0.3) is 0 Å². The van der Waals surface area contributed by atoms with Crippen molar-refractivity contribution in [1.29, 1.82) is 0 Å². The second kappa shape index (κ2) is 5.90. The first-order valence-corrected chi connectivity index (χ1v) is 5.63. The van der Waals surface area contributed by atoms with Crippen molar-refractivity contribution in [3.63, 3.8) is 0 Å². The fourth-order valence-electron chi connectivity index (χ4n) is 0.514. The summed E-state index contributed by atoms with van der Waals surface area (Å²) in [4.78, 5) is 16.7. The highest BCUT2D eigenvalue weighted by Gasteiger charge is 2.47. The van der Waals surface area contributed by atoms with Crippen LogP contribution in [-0.4, -0.2) is 21.6 Å². The third kappa shape index (κ3) is 6.37. The molecule has 0 amide bonds. The van der Waals surface area contributed by atoms with Crippen LogP contribution in [0.1, 0.15) is 6.42 Å². The minimum Gasteiger partial charge on any atom is -0.330 e. The Bertz CT molecular complexity index is 196. The average Bonchev–Trinajstić information content (AvgIpc) is 1.81. The number of halogens is 1. The SMILES string of the molecule is NCCC(Cl)(O[P+](=O)O)O[P+](=O)O. The van der Waals surface area contributed by atoms with E-state index in [1.54, 1.807) is 0 Å². The van der Waals surface area contributed by atoms with Crippen molar-refractivity contribution in [2.45, 2.75) is 11.7 Å². The Morgan fingerprint density at radius 1 is 1.31 bits per heavy atom. The van der Waals surface area contributed by atoms with Gasteiger partial charge >= 0.3 is 21.8 Å². The lowest BCUT2D eigenvalue weighted by atomic mass is 10.4. The first-order chi connectivity index (χ1) is 5.89. The average molecular weight is 251 g/mol. The minimum absolute atomic E-state index is 0.0319. The van der Waals surface area contributed by atoms with Gasteiger partial charge in [-0.3, -0.25) is 0 Å². The predicted molar refractivity (Wildman–Crippen MR) is 44.1 cm³/mol. The highest BCUT2D eigenvalue weighted by Crippen LogP contribution is 2.39. The zero-order valence-electron chi connectivity index (χ0n) is 6.29. The Kier molecular flexibility index (Phi) is 6.04. The number of hydrogen-bond acceptors (Lipinski definition) is 5. The van der Waals surface area contributed by atoms with E-state index in [0.29, 0.717) is 0 Å². The molecule has 0 heterocycles. The predicted octanol–water partition coefficient (Wildman–Crippen LogP) is 0.560. The summed E-state index contributed by atoms with van der Waals surface area (Å²) in [5, 5.41) is -2.13. The maximum Gasteiger partial charge on any atom is 0.699 e. The van der Waals surface area contributed by atoms with Crippen molar-refractivity contribution in [3.05, 3.63) is 0 Å². The van der Waals surface area contributed by atoms with Crippen molar-refractivity contribution >= 4 is 28.1 Å². The summed E-state index contributed by atoms with van der Waals surface area (Å²) in [5.74, 6) is 0. The number of alkyl halides is 1. The van der Waals surface area contributed by atoms with Gasteiger partial charge in [0.15, 0.2) is 0 Å². The summed E-state index contributed by atoms with van der Waals surface area (Å²) >= 11 is 5.42. The van der Waals surface area contributed by atoms with E-state index in [9.17, 15) is 9.13 Å². The van der Waals surface area contributed by atoms with Crippen molar-refractivity contribution in [1.82, 2.24) is 0 Å². The summed E-state index contributed by atoms with van der Waals surface area (Å²) in [6, 6.07) is 0. The van der Waals surface area contributed by atoms with Crippen LogP contribution in [0.5, 0.6) is 0 Å². The summed E-state index contributed by atoms with van der Waals surface area (Å²) < 4.78 is 28.8. The van der Waals surface area contributed by atoms with Crippen LogP contribution >= 0.6 is 28.1 Å². The molecule has 0 aromatic heterocycles. The van der Waals surface area contributed by atoms with Gasteiger partial charge in [-0.15, -0.1) is 9.79 Å². The van der Waals surface area contributed by atoms with E-state index >= 15 is 0 Å². The third-order valence-corrected chi connectivity index (χ3v) is 2.33.